The highest BCUT2D eigenvalue weighted by atomic mass is 35.5. The van der Waals surface area contributed by atoms with Crippen LogP contribution >= 0.6 is 23.2 Å². The molecule has 140 valence electrons. The summed E-state index contributed by atoms with van der Waals surface area (Å²) < 4.78 is 15.7. The maximum atomic E-state index is 12.3. The second-order valence-electron chi connectivity index (χ2n) is 5.90. The van der Waals surface area contributed by atoms with Gasteiger partial charge in [0.05, 0.1) is 24.1 Å². The van der Waals surface area contributed by atoms with Gasteiger partial charge >= 0.3 is 11.6 Å². The molecule has 5 nitrogen and oxygen atoms in total. The van der Waals surface area contributed by atoms with Crippen LogP contribution in [0.4, 0.5) is 0 Å². The van der Waals surface area contributed by atoms with Crippen molar-refractivity contribution in [2.75, 3.05) is 7.11 Å². The van der Waals surface area contributed by atoms with Crippen LogP contribution in [0.2, 0.25) is 10.0 Å². The van der Waals surface area contributed by atoms with E-state index in [-0.39, 0.29) is 18.6 Å². The summed E-state index contributed by atoms with van der Waals surface area (Å²) in [4.78, 5) is 23.8. The minimum atomic E-state index is -0.593. The van der Waals surface area contributed by atoms with E-state index >= 15 is 0 Å². The third-order valence-corrected chi connectivity index (χ3v) is 4.89. The van der Waals surface area contributed by atoms with Crippen molar-refractivity contribution in [2.45, 2.75) is 20.0 Å². The number of halogens is 2. The molecule has 0 aliphatic carbocycles. The lowest BCUT2D eigenvalue weighted by atomic mass is 10.0. The highest BCUT2D eigenvalue weighted by Crippen LogP contribution is 2.33. The van der Waals surface area contributed by atoms with Gasteiger partial charge in [0.25, 0.3) is 0 Å². The van der Waals surface area contributed by atoms with Crippen molar-refractivity contribution in [3.63, 3.8) is 0 Å². The highest BCUT2D eigenvalue weighted by Gasteiger charge is 2.17. The average Bonchev–Trinajstić information content (AvgIpc) is 2.65. The lowest BCUT2D eigenvalue weighted by molar-refractivity contribution is -0.139. The number of carbonyl (C=O) groups is 1. The molecule has 0 bridgehead atoms. The van der Waals surface area contributed by atoms with Crippen molar-refractivity contribution in [3.05, 3.63) is 73.6 Å². The standard InChI is InChI=1S/C20H16Cl2O5/c1-11-13-7-16(22)18(26-10-12-5-3-4-6-15(12)21)9-17(13)27-20(24)14(11)8-19(23)25-2/h3-7,9H,8,10H2,1-2H3. The van der Waals surface area contributed by atoms with E-state index in [9.17, 15) is 9.59 Å². The Labute approximate surface area is 165 Å². The molecule has 0 N–H and O–H groups in total. The SMILES string of the molecule is COC(=O)Cc1c(C)c2cc(Cl)c(OCc3ccccc3Cl)cc2oc1=O. The minimum absolute atomic E-state index is 0.164. The van der Waals surface area contributed by atoms with E-state index in [1.54, 1.807) is 25.1 Å². The van der Waals surface area contributed by atoms with Crippen molar-refractivity contribution < 1.29 is 18.7 Å². The van der Waals surface area contributed by atoms with Crippen molar-refractivity contribution in [1.82, 2.24) is 0 Å². The van der Waals surface area contributed by atoms with E-state index in [1.165, 1.54) is 7.11 Å². The van der Waals surface area contributed by atoms with E-state index in [0.29, 0.717) is 32.3 Å². The zero-order valence-electron chi connectivity index (χ0n) is 14.7. The fourth-order valence-electron chi connectivity index (χ4n) is 2.69. The molecule has 1 heterocycles. The summed E-state index contributed by atoms with van der Waals surface area (Å²) in [6.45, 7) is 1.95. The summed E-state index contributed by atoms with van der Waals surface area (Å²) >= 11 is 12.5. The van der Waals surface area contributed by atoms with Crippen LogP contribution in [0, 0.1) is 6.92 Å². The van der Waals surface area contributed by atoms with Crippen LogP contribution in [0.1, 0.15) is 16.7 Å². The van der Waals surface area contributed by atoms with Gasteiger partial charge in [-0.15, -0.1) is 0 Å². The summed E-state index contributed by atoms with van der Waals surface area (Å²) in [6, 6.07) is 10.5. The molecule has 0 atom stereocenters. The quantitative estimate of drug-likeness (QED) is 0.453. The Hall–Kier alpha value is -2.50. The maximum Gasteiger partial charge on any atom is 0.340 e. The first kappa shape index (κ1) is 19.3. The number of carbonyl (C=O) groups excluding carboxylic acids is 1. The van der Waals surface area contributed by atoms with Gasteiger partial charge in [-0.25, -0.2) is 4.79 Å². The first-order valence-corrected chi connectivity index (χ1v) is 8.85. The fraction of sp³-hybridized carbons (Fsp3) is 0.200. The molecule has 0 amide bonds. The van der Waals surface area contributed by atoms with Gasteiger partial charge in [0, 0.05) is 22.0 Å². The molecule has 0 spiro atoms. The summed E-state index contributed by atoms with van der Waals surface area (Å²) in [5, 5.41) is 1.57. The van der Waals surface area contributed by atoms with Crippen LogP contribution in [-0.2, 0) is 22.6 Å². The number of methoxy groups -OCH3 is 1. The molecule has 2 aromatic carbocycles. The lowest BCUT2D eigenvalue weighted by Gasteiger charge is -2.12. The van der Waals surface area contributed by atoms with Gasteiger partial charge in [-0.1, -0.05) is 41.4 Å². The van der Waals surface area contributed by atoms with Crippen LogP contribution in [0.25, 0.3) is 11.0 Å². The third kappa shape index (κ3) is 4.10. The molecule has 0 saturated carbocycles. The van der Waals surface area contributed by atoms with Crippen LogP contribution in [-0.4, -0.2) is 13.1 Å². The normalized spacial score (nSPS) is 10.8. The van der Waals surface area contributed by atoms with Gasteiger partial charge in [-0.3, -0.25) is 4.79 Å². The van der Waals surface area contributed by atoms with Crippen molar-refractivity contribution in [1.29, 1.82) is 0 Å². The number of aryl methyl sites for hydroxylation is 1. The first-order valence-electron chi connectivity index (χ1n) is 8.09. The highest BCUT2D eigenvalue weighted by molar-refractivity contribution is 6.33. The molecule has 0 radical (unpaired) electrons. The monoisotopic (exact) mass is 406 g/mol. The van der Waals surface area contributed by atoms with Gasteiger partial charge in [-0.05, 0) is 24.6 Å². The van der Waals surface area contributed by atoms with Crippen LogP contribution in [0.5, 0.6) is 5.75 Å². The summed E-state index contributed by atoms with van der Waals surface area (Å²) in [7, 11) is 1.26. The van der Waals surface area contributed by atoms with E-state index in [0.717, 1.165) is 5.56 Å². The smallest absolute Gasteiger partial charge is 0.340 e. The number of hydrogen-bond donors (Lipinski definition) is 0. The molecule has 3 aromatic rings. The Morgan fingerprint density at radius 2 is 1.89 bits per heavy atom. The second-order valence-corrected chi connectivity index (χ2v) is 6.72. The maximum absolute atomic E-state index is 12.3. The Bertz CT molecular complexity index is 1070. The molecule has 0 aliphatic heterocycles. The van der Waals surface area contributed by atoms with Gasteiger partial charge in [0.15, 0.2) is 0 Å². The lowest BCUT2D eigenvalue weighted by Crippen LogP contribution is -2.16. The zero-order chi connectivity index (χ0) is 19.6. The van der Waals surface area contributed by atoms with E-state index < -0.39 is 11.6 Å². The predicted octanol–water partition coefficient (Wildman–Crippen LogP) is 4.70. The number of rotatable bonds is 5. The largest absolute Gasteiger partial charge is 0.487 e. The molecule has 0 unspecified atom stereocenters. The van der Waals surface area contributed by atoms with Gasteiger partial charge in [0.2, 0.25) is 0 Å². The molecule has 0 fully saturated rings. The Balaban J connectivity index is 1.97. The number of hydrogen-bond acceptors (Lipinski definition) is 5. The van der Waals surface area contributed by atoms with Crippen LogP contribution in [0.3, 0.4) is 0 Å². The predicted molar refractivity (Wildman–Crippen MR) is 104 cm³/mol. The molecule has 0 aliphatic rings. The van der Waals surface area contributed by atoms with Gasteiger partial charge in [0.1, 0.15) is 17.9 Å². The number of ether oxygens (including phenoxy) is 2. The van der Waals surface area contributed by atoms with Crippen LogP contribution < -0.4 is 10.4 Å². The van der Waals surface area contributed by atoms with Crippen molar-refractivity contribution in [3.8, 4) is 5.75 Å². The van der Waals surface area contributed by atoms with E-state index in [4.69, 9.17) is 32.4 Å². The number of fused-ring (bicyclic) bond motifs is 1. The van der Waals surface area contributed by atoms with Crippen molar-refractivity contribution >= 4 is 40.1 Å². The number of benzene rings is 2. The molecule has 7 heteroatoms. The Morgan fingerprint density at radius 3 is 2.59 bits per heavy atom. The molecule has 3 rings (SSSR count). The Morgan fingerprint density at radius 1 is 1.15 bits per heavy atom. The molecule has 27 heavy (non-hydrogen) atoms. The fourth-order valence-corrected chi connectivity index (χ4v) is 3.10. The van der Waals surface area contributed by atoms with Crippen LogP contribution in [0.15, 0.2) is 45.6 Å². The summed E-state index contributed by atoms with van der Waals surface area (Å²) in [5.41, 5.74) is 1.40. The molecule has 1 aromatic heterocycles. The summed E-state index contributed by atoms with van der Waals surface area (Å²) in [5.74, 6) is -0.150. The first-order chi connectivity index (χ1) is 12.9. The summed E-state index contributed by atoms with van der Waals surface area (Å²) in [6.07, 6.45) is -0.164. The number of esters is 1. The van der Waals surface area contributed by atoms with E-state index in [1.807, 2.05) is 18.2 Å². The van der Waals surface area contributed by atoms with Gasteiger partial charge in [-0.2, -0.15) is 0 Å². The van der Waals surface area contributed by atoms with E-state index in [2.05, 4.69) is 4.74 Å². The Kier molecular flexibility index (Phi) is 5.73. The third-order valence-electron chi connectivity index (χ3n) is 4.23. The van der Waals surface area contributed by atoms with Crippen molar-refractivity contribution in [2.24, 2.45) is 0 Å². The molecular weight excluding hydrogens is 391 g/mol. The average molecular weight is 407 g/mol. The zero-order valence-corrected chi connectivity index (χ0v) is 16.2. The second kappa shape index (κ2) is 8.03. The van der Waals surface area contributed by atoms with Gasteiger partial charge < -0.3 is 13.9 Å². The molecular formula is C20H16Cl2O5. The molecule has 0 saturated heterocycles. The minimum Gasteiger partial charge on any atom is -0.487 e. The topological polar surface area (TPSA) is 65.7 Å².